The summed E-state index contributed by atoms with van der Waals surface area (Å²) in [6.45, 7) is 0.593. The molecule has 162 valence electrons. The number of amides is 2. The van der Waals surface area contributed by atoms with Crippen LogP contribution in [0.4, 0.5) is 10.5 Å². The molecule has 1 aromatic carbocycles. The largest absolute Gasteiger partial charge is 0.465 e. The van der Waals surface area contributed by atoms with Crippen LogP contribution in [0.5, 0.6) is 0 Å². The number of carbonyl (C=O) groups excluding carboxylic acids is 1. The maximum absolute atomic E-state index is 12.3. The molecule has 2 heterocycles. The third-order valence-electron chi connectivity index (χ3n) is 4.59. The maximum Gasteiger partial charge on any atom is 0.409 e. The molecule has 0 bridgehead atoms. The lowest BCUT2D eigenvalue weighted by molar-refractivity contribution is -0.128. The smallest absolute Gasteiger partial charge is 0.409 e. The van der Waals surface area contributed by atoms with E-state index in [1.54, 1.807) is 71.2 Å². The molecule has 0 saturated carbocycles. The first-order valence-electron chi connectivity index (χ1n) is 9.72. The van der Waals surface area contributed by atoms with Crippen LogP contribution in [0.3, 0.4) is 0 Å². The highest BCUT2D eigenvalue weighted by atomic mass is 16.4. The van der Waals surface area contributed by atoms with Crippen molar-refractivity contribution < 1.29 is 14.7 Å². The van der Waals surface area contributed by atoms with Gasteiger partial charge in [0.2, 0.25) is 11.3 Å². The van der Waals surface area contributed by atoms with Gasteiger partial charge >= 0.3 is 6.09 Å². The van der Waals surface area contributed by atoms with Gasteiger partial charge in [0.25, 0.3) is 0 Å². The summed E-state index contributed by atoms with van der Waals surface area (Å²) in [6, 6.07) is 8.26. The summed E-state index contributed by atoms with van der Waals surface area (Å²) >= 11 is 0. The average molecular weight is 424 g/mol. The van der Waals surface area contributed by atoms with Crippen LogP contribution in [-0.4, -0.2) is 55.7 Å². The van der Waals surface area contributed by atoms with Gasteiger partial charge in [-0.15, -0.1) is 0 Å². The molecule has 2 aromatic heterocycles. The summed E-state index contributed by atoms with van der Waals surface area (Å²) in [5.41, 5.74) is 2.01. The summed E-state index contributed by atoms with van der Waals surface area (Å²) in [6.07, 6.45) is 5.24. The van der Waals surface area contributed by atoms with Gasteiger partial charge < -0.3 is 10.0 Å². The number of nitrogens with zero attached hydrogens (tertiary/aromatic N) is 5. The molecule has 0 aliphatic rings. The molecule has 0 fully saturated rings. The van der Waals surface area contributed by atoms with Gasteiger partial charge in [-0.25, -0.2) is 9.48 Å². The van der Waals surface area contributed by atoms with E-state index in [9.17, 15) is 14.4 Å². The molecule has 0 spiro atoms. The van der Waals surface area contributed by atoms with Crippen LogP contribution in [-0.2, 0) is 17.8 Å². The quantitative estimate of drug-likeness (QED) is 0.570. The fourth-order valence-electron chi connectivity index (χ4n) is 3.00. The number of aromatic nitrogens is 4. The van der Waals surface area contributed by atoms with Crippen LogP contribution in [0.2, 0.25) is 0 Å². The number of nitrogens with one attached hydrogen (secondary N) is 1. The number of benzene rings is 1. The second-order valence-electron chi connectivity index (χ2n) is 7.23. The van der Waals surface area contributed by atoms with Gasteiger partial charge in [0.1, 0.15) is 11.4 Å². The fourth-order valence-corrected chi connectivity index (χ4v) is 3.00. The average Bonchev–Trinajstić information content (AvgIpc) is 3.18. The number of carbonyl (C=O) groups is 2. The van der Waals surface area contributed by atoms with Crippen molar-refractivity contribution in [1.82, 2.24) is 24.5 Å². The number of hydrogen-bond donors (Lipinski definition) is 2. The summed E-state index contributed by atoms with van der Waals surface area (Å²) in [5, 5.41) is 19.9. The van der Waals surface area contributed by atoms with E-state index in [1.807, 2.05) is 0 Å². The number of anilines is 1. The van der Waals surface area contributed by atoms with E-state index < -0.39 is 6.09 Å². The van der Waals surface area contributed by atoms with Crippen LogP contribution < -0.4 is 10.7 Å². The van der Waals surface area contributed by atoms with Crippen molar-refractivity contribution in [3.63, 3.8) is 0 Å². The minimum Gasteiger partial charge on any atom is -0.465 e. The molecule has 0 atom stereocenters. The lowest BCUT2D eigenvalue weighted by Gasteiger charge is -2.09. The Kier molecular flexibility index (Phi) is 6.81. The molecule has 0 unspecified atom stereocenters. The van der Waals surface area contributed by atoms with E-state index >= 15 is 0 Å². The molecular weight excluding hydrogens is 400 g/mol. The molecule has 0 saturated heterocycles. The van der Waals surface area contributed by atoms with Gasteiger partial charge in [-0.3, -0.25) is 19.6 Å². The van der Waals surface area contributed by atoms with Gasteiger partial charge in [0.15, 0.2) is 0 Å². The zero-order valence-electron chi connectivity index (χ0n) is 17.4. The molecular formula is C21H24N6O4. The number of aryl methyl sites for hydroxylation is 1. The molecule has 0 aliphatic carbocycles. The van der Waals surface area contributed by atoms with Crippen LogP contribution >= 0.6 is 0 Å². The number of carboxylic acid groups (broad SMARTS) is 1. The standard InChI is InChI=1S/C21H24N6O4/c1-25(2)20(29)7-4-9-26-14-17(13-22-26)27-10-8-19(28)18(24-27)12-15-5-3-6-16(11-15)23-21(30)31/h3,5-6,8,10-11,13-14,23H,4,7,9,12H2,1-2H3,(H,30,31). The third kappa shape index (κ3) is 6.01. The van der Waals surface area contributed by atoms with E-state index in [4.69, 9.17) is 5.11 Å². The first kappa shape index (κ1) is 21.8. The predicted molar refractivity (Wildman–Crippen MR) is 114 cm³/mol. The van der Waals surface area contributed by atoms with Crippen LogP contribution in [0.25, 0.3) is 5.69 Å². The fraction of sp³-hybridized carbons (Fsp3) is 0.286. The summed E-state index contributed by atoms with van der Waals surface area (Å²) in [7, 11) is 3.46. The lowest BCUT2D eigenvalue weighted by Crippen LogP contribution is -2.21. The van der Waals surface area contributed by atoms with Gasteiger partial charge in [-0.05, 0) is 24.1 Å². The zero-order valence-corrected chi connectivity index (χ0v) is 17.4. The summed E-state index contributed by atoms with van der Waals surface area (Å²) in [5.74, 6) is 0.0710. The monoisotopic (exact) mass is 424 g/mol. The minimum absolute atomic E-state index is 0.0710. The molecule has 0 radical (unpaired) electrons. The maximum atomic E-state index is 12.3. The SMILES string of the molecule is CN(C)C(=O)CCCn1cc(-n2ccc(=O)c(Cc3cccc(NC(=O)O)c3)n2)cn1. The second-order valence-corrected chi connectivity index (χ2v) is 7.23. The van der Waals surface area contributed by atoms with Crippen molar-refractivity contribution in [2.24, 2.45) is 0 Å². The van der Waals surface area contributed by atoms with Gasteiger partial charge in [0, 0.05) is 51.4 Å². The van der Waals surface area contributed by atoms with Gasteiger partial charge in [0.05, 0.1) is 12.4 Å². The number of rotatable bonds is 8. The Bertz CT molecular complexity index is 1130. The molecule has 10 nitrogen and oxygen atoms in total. The van der Waals surface area contributed by atoms with E-state index in [0.29, 0.717) is 36.5 Å². The Hall–Kier alpha value is -3.95. The van der Waals surface area contributed by atoms with Crippen molar-refractivity contribution in [3.05, 3.63) is 70.4 Å². The van der Waals surface area contributed by atoms with E-state index in [1.165, 1.54) is 6.07 Å². The van der Waals surface area contributed by atoms with E-state index in [-0.39, 0.29) is 17.8 Å². The van der Waals surface area contributed by atoms with E-state index in [2.05, 4.69) is 15.5 Å². The molecule has 31 heavy (non-hydrogen) atoms. The first-order chi connectivity index (χ1) is 14.8. The van der Waals surface area contributed by atoms with Crippen molar-refractivity contribution in [2.45, 2.75) is 25.8 Å². The molecule has 10 heteroatoms. The lowest BCUT2D eigenvalue weighted by atomic mass is 10.1. The molecule has 2 N–H and O–H groups in total. The van der Waals surface area contributed by atoms with Gasteiger partial charge in [-0.2, -0.15) is 10.2 Å². The van der Waals surface area contributed by atoms with Crippen molar-refractivity contribution in [1.29, 1.82) is 0 Å². The van der Waals surface area contributed by atoms with E-state index in [0.717, 1.165) is 5.56 Å². The van der Waals surface area contributed by atoms with Crippen molar-refractivity contribution in [3.8, 4) is 5.69 Å². The highest BCUT2D eigenvalue weighted by molar-refractivity contribution is 5.82. The van der Waals surface area contributed by atoms with Crippen molar-refractivity contribution >= 4 is 17.7 Å². The van der Waals surface area contributed by atoms with Gasteiger partial charge in [-0.1, -0.05) is 12.1 Å². The number of hydrogen-bond acceptors (Lipinski definition) is 5. The van der Waals surface area contributed by atoms with Crippen LogP contribution in [0, 0.1) is 0 Å². The Morgan fingerprint density at radius 3 is 2.77 bits per heavy atom. The third-order valence-corrected chi connectivity index (χ3v) is 4.59. The van der Waals surface area contributed by atoms with Crippen molar-refractivity contribution in [2.75, 3.05) is 19.4 Å². The summed E-state index contributed by atoms with van der Waals surface area (Å²) < 4.78 is 3.31. The van der Waals surface area contributed by atoms with Crippen LogP contribution in [0.1, 0.15) is 24.1 Å². The Labute approximate surface area is 178 Å². The Morgan fingerprint density at radius 2 is 2.03 bits per heavy atom. The summed E-state index contributed by atoms with van der Waals surface area (Å²) in [4.78, 5) is 36.3. The topological polar surface area (TPSA) is 122 Å². The normalized spacial score (nSPS) is 10.6. The molecule has 3 aromatic rings. The minimum atomic E-state index is -1.15. The highest BCUT2D eigenvalue weighted by Crippen LogP contribution is 2.13. The molecule has 2 amide bonds. The zero-order chi connectivity index (χ0) is 22.4. The highest BCUT2D eigenvalue weighted by Gasteiger charge is 2.09. The first-order valence-corrected chi connectivity index (χ1v) is 9.72. The Balaban J connectivity index is 1.72. The Morgan fingerprint density at radius 1 is 1.23 bits per heavy atom. The van der Waals surface area contributed by atoms with Crippen LogP contribution in [0.15, 0.2) is 53.7 Å². The second kappa shape index (κ2) is 9.70. The molecule has 0 aliphatic heterocycles. The predicted octanol–water partition coefficient (Wildman–Crippen LogP) is 1.98. The molecule has 3 rings (SSSR count).